The first-order valence-electron chi connectivity index (χ1n) is 3.55. The summed E-state index contributed by atoms with van der Waals surface area (Å²) in [5, 5.41) is 9.11. The highest BCUT2D eigenvalue weighted by molar-refractivity contribution is 6.31. The summed E-state index contributed by atoms with van der Waals surface area (Å²) >= 11 is 5.68. The number of carbonyl (C=O) groups is 1. The van der Waals surface area contributed by atoms with Crippen molar-refractivity contribution in [2.45, 2.75) is 0 Å². The normalized spacial score (nSPS) is 8.92. The van der Waals surface area contributed by atoms with Gasteiger partial charge < -0.3 is 0 Å². The van der Waals surface area contributed by atoms with Crippen molar-refractivity contribution in [3.8, 4) is 6.07 Å². The quantitative estimate of drug-likeness (QED) is 0.533. The van der Waals surface area contributed by atoms with Gasteiger partial charge in [-0.2, -0.15) is 5.26 Å². The number of benzene rings is 1. The molecule has 0 N–H and O–H groups in total. The van der Waals surface area contributed by atoms with E-state index in [9.17, 15) is 4.79 Å². The van der Waals surface area contributed by atoms with Crippen molar-refractivity contribution in [1.82, 2.24) is 0 Å². The van der Waals surface area contributed by atoms with Crippen LogP contribution < -0.4 is 0 Å². The zero-order chi connectivity index (χ0) is 9.84. The molecule has 64 valence electrons. The molecule has 3 heteroatoms. The summed E-state index contributed by atoms with van der Waals surface area (Å²) in [7, 11) is 0. The van der Waals surface area contributed by atoms with E-state index in [0.717, 1.165) is 6.08 Å². The maximum atomic E-state index is 11.2. The third-order valence-electron chi connectivity index (χ3n) is 1.55. The molecule has 0 spiro atoms. The molecule has 1 aromatic rings. The third-order valence-corrected chi connectivity index (χ3v) is 1.79. The van der Waals surface area contributed by atoms with Crippen molar-refractivity contribution in [3.63, 3.8) is 0 Å². The van der Waals surface area contributed by atoms with Crippen LogP contribution >= 0.6 is 11.6 Å². The van der Waals surface area contributed by atoms with Crippen molar-refractivity contribution in [3.05, 3.63) is 47.0 Å². The molecular weight excluding hydrogens is 186 g/mol. The van der Waals surface area contributed by atoms with Gasteiger partial charge in [-0.15, -0.1) is 0 Å². The Kier molecular flexibility index (Phi) is 2.84. The van der Waals surface area contributed by atoms with Crippen LogP contribution in [0.5, 0.6) is 0 Å². The molecule has 2 nitrogen and oxygen atoms in total. The highest BCUT2D eigenvalue weighted by Crippen LogP contribution is 2.16. The standard InChI is InChI=1S/C10H6ClNO/c1-2-10(13)9-5-8(11)4-3-7(9)6-12/h2-5H,1H2. The van der Waals surface area contributed by atoms with E-state index in [-0.39, 0.29) is 5.78 Å². The summed E-state index contributed by atoms with van der Waals surface area (Å²) < 4.78 is 0. The minimum Gasteiger partial charge on any atom is -0.289 e. The number of carbonyl (C=O) groups excluding carboxylic acids is 1. The van der Waals surface area contributed by atoms with Crippen LogP contribution in [0.4, 0.5) is 0 Å². The van der Waals surface area contributed by atoms with Gasteiger partial charge in [-0.1, -0.05) is 18.2 Å². The van der Waals surface area contributed by atoms with E-state index in [1.807, 2.05) is 6.07 Å². The molecule has 0 aromatic heterocycles. The Labute approximate surface area is 81.1 Å². The smallest absolute Gasteiger partial charge is 0.186 e. The Balaban J connectivity index is 3.33. The van der Waals surface area contributed by atoms with Gasteiger partial charge >= 0.3 is 0 Å². The van der Waals surface area contributed by atoms with Crippen LogP contribution in [0.3, 0.4) is 0 Å². The number of allylic oxidation sites excluding steroid dienone is 1. The number of nitrogens with zero attached hydrogens (tertiary/aromatic N) is 1. The lowest BCUT2D eigenvalue weighted by Crippen LogP contribution is -1.97. The summed E-state index contributed by atoms with van der Waals surface area (Å²) in [6.45, 7) is 3.34. The largest absolute Gasteiger partial charge is 0.289 e. The minimum atomic E-state index is -0.293. The van der Waals surface area contributed by atoms with E-state index in [0.29, 0.717) is 16.1 Å². The van der Waals surface area contributed by atoms with E-state index in [2.05, 4.69) is 6.58 Å². The maximum Gasteiger partial charge on any atom is 0.186 e. The number of hydrogen-bond donors (Lipinski definition) is 0. The fourth-order valence-corrected chi connectivity index (χ4v) is 1.10. The highest BCUT2D eigenvalue weighted by atomic mass is 35.5. The fraction of sp³-hybridized carbons (Fsp3) is 0. The maximum absolute atomic E-state index is 11.2. The SMILES string of the molecule is C=CC(=O)c1cc(Cl)ccc1C#N. The topological polar surface area (TPSA) is 40.9 Å². The average Bonchev–Trinajstić information content (AvgIpc) is 2.16. The summed E-state index contributed by atoms with van der Waals surface area (Å²) in [6.07, 6.45) is 1.16. The Bertz CT molecular complexity index is 404. The molecule has 1 aromatic carbocycles. The fourth-order valence-electron chi connectivity index (χ4n) is 0.928. The van der Waals surface area contributed by atoms with Crippen molar-refractivity contribution in [1.29, 1.82) is 5.26 Å². The van der Waals surface area contributed by atoms with Gasteiger partial charge in [-0.25, -0.2) is 0 Å². The second-order valence-electron chi connectivity index (χ2n) is 2.37. The molecule has 0 aliphatic carbocycles. The molecule has 13 heavy (non-hydrogen) atoms. The van der Waals surface area contributed by atoms with E-state index >= 15 is 0 Å². The number of halogens is 1. The van der Waals surface area contributed by atoms with Gasteiger partial charge in [0.1, 0.15) is 0 Å². The van der Waals surface area contributed by atoms with Crippen LogP contribution in [0.2, 0.25) is 5.02 Å². The first-order valence-corrected chi connectivity index (χ1v) is 3.93. The second kappa shape index (κ2) is 3.88. The number of ketones is 1. The van der Waals surface area contributed by atoms with Crippen molar-refractivity contribution < 1.29 is 4.79 Å². The van der Waals surface area contributed by atoms with E-state index in [1.165, 1.54) is 12.1 Å². The van der Waals surface area contributed by atoms with Crippen molar-refractivity contribution >= 4 is 17.4 Å². The van der Waals surface area contributed by atoms with Crippen LogP contribution in [-0.2, 0) is 0 Å². The molecule has 0 radical (unpaired) electrons. The molecule has 0 fully saturated rings. The summed E-state index contributed by atoms with van der Waals surface area (Å²) in [5.41, 5.74) is 0.610. The Morgan fingerprint density at radius 1 is 1.62 bits per heavy atom. The molecular formula is C10H6ClNO. The lowest BCUT2D eigenvalue weighted by atomic mass is 10.0. The number of nitriles is 1. The van der Waals surface area contributed by atoms with Crippen molar-refractivity contribution in [2.24, 2.45) is 0 Å². The third kappa shape index (κ3) is 1.95. The molecule has 1 rings (SSSR count). The van der Waals surface area contributed by atoms with Gasteiger partial charge in [0.25, 0.3) is 0 Å². The highest BCUT2D eigenvalue weighted by Gasteiger charge is 2.08. The number of hydrogen-bond acceptors (Lipinski definition) is 2. The minimum absolute atomic E-state index is 0.293. The molecule has 0 unspecified atom stereocenters. The monoisotopic (exact) mass is 191 g/mol. The zero-order valence-electron chi connectivity index (χ0n) is 6.75. The molecule has 0 amide bonds. The van der Waals surface area contributed by atoms with Crippen molar-refractivity contribution in [2.75, 3.05) is 0 Å². The van der Waals surface area contributed by atoms with E-state index < -0.39 is 0 Å². The lowest BCUT2D eigenvalue weighted by Gasteiger charge is -1.98. The lowest BCUT2D eigenvalue weighted by molar-refractivity contribution is 0.104. The van der Waals surface area contributed by atoms with Crippen LogP contribution in [0.1, 0.15) is 15.9 Å². The van der Waals surface area contributed by atoms with E-state index in [4.69, 9.17) is 16.9 Å². The zero-order valence-corrected chi connectivity index (χ0v) is 7.51. The molecule has 0 atom stereocenters. The Morgan fingerprint density at radius 3 is 2.85 bits per heavy atom. The molecule has 0 heterocycles. The predicted octanol–water partition coefficient (Wildman–Crippen LogP) is 2.58. The second-order valence-corrected chi connectivity index (χ2v) is 2.81. The Hall–Kier alpha value is -1.59. The summed E-state index contributed by atoms with van der Waals surface area (Å²) in [5.74, 6) is -0.293. The molecule has 0 aliphatic rings. The van der Waals surface area contributed by atoms with Gasteiger partial charge in [0.15, 0.2) is 5.78 Å². The first-order chi connectivity index (χ1) is 6.19. The van der Waals surface area contributed by atoms with Crippen LogP contribution in [0.25, 0.3) is 0 Å². The first kappa shape index (κ1) is 9.50. The molecule has 0 bridgehead atoms. The van der Waals surface area contributed by atoms with Crippen LogP contribution in [-0.4, -0.2) is 5.78 Å². The summed E-state index contributed by atoms with van der Waals surface area (Å²) in [6, 6.07) is 6.46. The van der Waals surface area contributed by atoms with Gasteiger partial charge in [-0.05, 0) is 24.3 Å². The van der Waals surface area contributed by atoms with Gasteiger partial charge in [0, 0.05) is 10.6 Å². The number of rotatable bonds is 2. The molecule has 0 saturated heterocycles. The molecule has 0 saturated carbocycles. The van der Waals surface area contributed by atoms with Gasteiger partial charge in [0.2, 0.25) is 0 Å². The predicted molar refractivity (Wildman–Crippen MR) is 50.7 cm³/mol. The van der Waals surface area contributed by atoms with E-state index in [1.54, 1.807) is 6.07 Å². The van der Waals surface area contributed by atoms with Gasteiger partial charge in [-0.3, -0.25) is 4.79 Å². The molecule has 0 aliphatic heterocycles. The van der Waals surface area contributed by atoms with Crippen LogP contribution in [0, 0.1) is 11.3 Å². The average molecular weight is 192 g/mol. The Morgan fingerprint density at radius 2 is 2.31 bits per heavy atom. The van der Waals surface area contributed by atoms with Gasteiger partial charge in [0.05, 0.1) is 11.6 Å². The van der Waals surface area contributed by atoms with Crippen LogP contribution in [0.15, 0.2) is 30.9 Å². The summed E-state index contributed by atoms with van der Waals surface area (Å²) in [4.78, 5) is 11.2.